The van der Waals surface area contributed by atoms with Gasteiger partial charge in [-0.05, 0) is 48.4 Å². The predicted octanol–water partition coefficient (Wildman–Crippen LogP) is 5.05. The van der Waals surface area contributed by atoms with Gasteiger partial charge >= 0.3 is 0 Å². The first-order chi connectivity index (χ1) is 8.10. The van der Waals surface area contributed by atoms with E-state index in [-0.39, 0.29) is 5.41 Å². The van der Waals surface area contributed by atoms with Gasteiger partial charge in [0, 0.05) is 10.4 Å². The number of hydrogen-bond acceptors (Lipinski definition) is 1. The van der Waals surface area contributed by atoms with Crippen LogP contribution in [0.5, 0.6) is 5.75 Å². The molecule has 0 aliphatic heterocycles. The van der Waals surface area contributed by atoms with E-state index in [1.54, 1.807) is 7.11 Å². The molecule has 0 atom stereocenters. The Labute approximate surface area is 118 Å². The normalized spacial score (nSPS) is 11.6. The third-order valence-electron chi connectivity index (χ3n) is 3.60. The van der Waals surface area contributed by atoms with Gasteiger partial charge in [0.05, 0.1) is 7.11 Å². The number of ether oxygens (including phenoxy) is 1. The molecule has 3 heteroatoms. The highest BCUT2D eigenvalue weighted by atomic mass is 79.9. The molecule has 0 spiro atoms. The van der Waals surface area contributed by atoms with E-state index in [0.717, 1.165) is 29.5 Å². The molecule has 0 unspecified atom stereocenters. The summed E-state index contributed by atoms with van der Waals surface area (Å²) in [6, 6.07) is 6.10. The number of hydrogen-bond donors (Lipinski definition) is 0. The molecule has 0 radical (unpaired) electrons. The van der Waals surface area contributed by atoms with Crippen LogP contribution in [0.3, 0.4) is 0 Å². The Morgan fingerprint density at radius 1 is 1.29 bits per heavy atom. The lowest BCUT2D eigenvalue weighted by molar-refractivity contribution is 0.301. The topological polar surface area (TPSA) is 9.23 Å². The molecule has 96 valence electrons. The Kier molecular flexibility index (Phi) is 5.81. The second kappa shape index (κ2) is 6.65. The Morgan fingerprint density at radius 3 is 2.41 bits per heavy atom. The number of methoxy groups -OCH3 is 1. The van der Waals surface area contributed by atoms with Gasteiger partial charge in [-0.15, -0.1) is 11.6 Å². The van der Waals surface area contributed by atoms with Crippen molar-refractivity contribution in [3.8, 4) is 5.75 Å². The van der Waals surface area contributed by atoms with Gasteiger partial charge in [-0.3, -0.25) is 0 Å². The van der Waals surface area contributed by atoms with Crippen LogP contribution >= 0.6 is 27.5 Å². The minimum absolute atomic E-state index is 0.191. The monoisotopic (exact) mass is 318 g/mol. The van der Waals surface area contributed by atoms with Gasteiger partial charge < -0.3 is 4.74 Å². The fraction of sp³-hybridized carbons (Fsp3) is 0.571. The van der Waals surface area contributed by atoms with Crippen LogP contribution in [-0.4, -0.2) is 13.0 Å². The van der Waals surface area contributed by atoms with Crippen molar-refractivity contribution in [2.24, 2.45) is 5.41 Å². The summed E-state index contributed by atoms with van der Waals surface area (Å²) in [4.78, 5) is 0. The molecular weight excluding hydrogens is 300 g/mol. The first-order valence-corrected chi connectivity index (χ1v) is 7.32. The highest BCUT2D eigenvalue weighted by molar-refractivity contribution is 9.10. The van der Waals surface area contributed by atoms with Gasteiger partial charge in [0.25, 0.3) is 0 Å². The van der Waals surface area contributed by atoms with Crippen LogP contribution in [0.1, 0.15) is 32.3 Å². The summed E-state index contributed by atoms with van der Waals surface area (Å²) < 4.78 is 6.41. The number of halogens is 2. The molecule has 0 aliphatic carbocycles. The lowest BCUT2D eigenvalue weighted by atomic mass is 9.79. The molecule has 1 rings (SSSR count). The molecule has 0 bridgehead atoms. The molecule has 0 fully saturated rings. The Hall–Kier alpha value is -0.210. The molecule has 0 saturated heterocycles. The third kappa shape index (κ3) is 3.62. The number of alkyl halides is 1. The van der Waals surface area contributed by atoms with Gasteiger partial charge in [0.1, 0.15) is 5.75 Å². The molecule has 0 N–H and O–H groups in total. The number of rotatable bonds is 6. The fourth-order valence-electron chi connectivity index (χ4n) is 1.95. The average Bonchev–Trinajstić information content (AvgIpc) is 2.38. The van der Waals surface area contributed by atoms with Crippen molar-refractivity contribution in [3.63, 3.8) is 0 Å². The minimum Gasteiger partial charge on any atom is -0.497 e. The molecule has 1 nitrogen and oxygen atoms in total. The van der Waals surface area contributed by atoms with Gasteiger partial charge in [0.15, 0.2) is 0 Å². The summed E-state index contributed by atoms with van der Waals surface area (Å²) in [5, 5.41) is 0. The van der Waals surface area contributed by atoms with Crippen LogP contribution in [0.2, 0.25) is 0 Å². The van der Waals surface area contributed by atoms with E-state index in [4.69, 9.17) is 16.3 Å². The van der Waals surface area contributed by atoms with Crippen molar-refractivity contribution in [3.05, 3.63) is 28.2 Å². The predicted molar refractivity (Wildman–Crippen MR) is 78.1 cm³/mol. The van der Waals surface area contributed by atoms with E-state index in [0.29, 0.717) is 5.88 Å². The molecule has 0 aliphatic rings. The van der Waals surface area contributed by atoms with Crippen molar-refractivity contribution < 1.29 is 4.74 Å². The summed E-state index contributed by atoms with van der Waals surface area (Å²) >= 11 is 9.76. The van der Waals surface area contributed by atoms with Gasteiger partial charge in [-0.1, -0.05) is 29.8 Å². The van der Waals surface area contributed by atoms with Crippen LogP contribution in [0.15, 0.2) is 22.7 Å². The standard InChI is InChI=1S/C14H20BrClO/c1-4-14(5-2,10-16)9-11-8-12(17-3)6-7-13(11)15/h6-8H,4-5,9-10H2,1-3H3. The molecule has 17 heavy (non-hydrogen) atoms. The highest BCUT2D eigenvalue weighted by Crippen LogP contribution is 2.35. The molecule has 1 aromatic carbocycles. The largest absolute Gasteiger partial charge is 0.497 e. The number of benzene rings is 1. The minimum atomic E-state index is 0.191. The second-order valence-corrected chi connectivity index (χ2v) is 5.60. The second-order valence-electron chi connectivity index (χ2n) is 4.47. The summed E-state index contributed by atoms with van der Waals surface area (Å²) in [5.74, 6) is 1.60. The molecule has 0 aromatic heterocycles. The zero-order valence-corrected chi connectivity index (χ0v) is 13.1. The zero-order valence-electron chi connectivity index (χ0n) is 10.7. The summed E-state index contributed by atoms with van der Waals surface area (Å²) in [6.07, 6.45) is 3.18. The van der Waals surface area contributed by atoms with Crippen molar-refractivity contribution in [2.45, 2.75) is 33.1 Å². The van der Waals surface area contributed by atoms with Crippen molar-refractivity contribution in [1.29, 1.82) is 0 Å². The Bertz CT molecular complexity index is 353. The van der Waals surface area contributed by atoms with Crippen molar-refractivity contribution in [2.75, 3.05) is 13.0 Å². The third-order valence-corrected chi connectivity index (χ3v) is 4.94. The maximum atomic E-state index is 6.15. The first-order valence-electron chi connectivity index (χ1n) is 5.99. The zero-order chi connectivity index (χ0) is 12.9. The van der Waals surface area contributed by atoms with Crippen LogP contribution in [0.25, 0.3) is 0 Å². The quantitative estimate of drug-likeness (QED) is 0.667. The molecule has 1 aromatic rings. The lowest BCUT2D eigenvalue weighted by Crippen LogP contribution is -2.24. The van der Waals surface area contributed by atoms with Gasteiger partial charge in [-0.2, -0.15) is 0 Å². The highest BCUT2D eigenvalue weighted by Gasteiger charge is 2.26. The van der Waals surface area contributed by atoms with Crippen LogP contribution in [0.4, 0.5) is 0 Å². The van der Waals surface area contributed by atoms with Gasteiger partial charge in [-0.25, -0.2) is 0 Å². The fourth-order valence-corrected chi connectivity index (χ4v) is 2.81. The molecule has 0 amide bonds. The summed E-state index contributed by atoms with van der Waals surface area (Å²) in [5.41, 5.74) is 1.46. The average molecular weight is 320 g/mol. The Morgan fingerprint density at radius 2 is 1.94 bits per heavy atom. The van der Waals surface area contributed by atoms with Crippen molar-refractivity contribution in [1.82, 2.24) is 0 Å². The van der Waals surface area contributed by atoms with Crippen molar-refractivity contribution >= 4 is 27.5 Å². The maximum absolute atomic E-state index is 6.15. The van der Waals surface area contributed by atoms with E-state index in [1.165, 1.54) is 5.56 Å². The van der Waals surface area contributed by atoms with E-state index in [9.17, 15) is 0 Å². The molecular formula is C14H20BrClO. The van der Waals surface area contributed by atoms with Crippen LogP contribution < -0.4 is 4.74 Å². The maximum Gasteiger partial charge on any atom is 0.119 e. The SMILES string of the molecule is CCC(CC)(CCl)Cc1cc(OC)ccc1Br. The lowest BCUT2D eigenvalue weighted by Gasteiger charge is -2.30. The molecule has 0 heterocycles. The Balaban J connectivity index is 2.99. The van der Waals surface area contributed by atoms with E-state index < -0.39 is 0 Å². The smallest absolute Gasteiger partial charge is 0.119 e. The summed E-state index contributed by atoms with van der Waals surface area (Å²) in [7, 11) is 1.70. The van der Waals surface area contributed by atoms with E-state index in [1.807, 2.05) is 12.1 Å². The summed E-state index contributed by atoms with van der Waals surface area (Å²) in [6.45, 7) is 4.42. The van der Waals surface area contributed by atoms with Gasteiger partial charge in [0.2, 0.25) is 0 Å². The van der Waals surface area contributed by atoms with Crippen LogP contribution in [-0.2, 0) is 6.42 Å². The first kappa shape index (κ1) is 14.8. The molecule has 0 saturated carbocycles. The van der Waals surface area contributed by atoms with E-state index in [2.05, 4.69) is 35.8 Å². The van der Waals surface area contributed by atoms with Crippen LogP contribution in [0, 0.1) is 5.41 Å². The van der Waals surface area contributed by atoms with E-state index >= 15 is 0 Å².